The number of rotatable bonds is 7. The first-order chi connectivity index (χ1) is 15.0. The van der Waals surface area contributed by atoms with Crippen molar-refractivity contribution in [2.24, 2.45) is 0 Å². The maximum absolute atomic E-state index is 13.0. The number of hydrogen-bond donors (Lipinski definition) is 2. The van der Waals surface area contributed by atoms with Gasteiger partial charge in [-0.25, -0.2) is 8.42 Å². The van der Waals surface area contributed by atoms with Gasteiger partial charge >= 0.3 is 0 Å². The minimum atomic E-state index is -3.78. The number of hydrogen-bond acceptors (Lipinski definition) is 4. The predicted molar refractivity (Wildman–Crippen MR) is 125 cm³/mol. The van der Waals surface area contributed by atoms with Gasteiger partial charge in [0.05, 0.1) is 10.6 Å². The van der Waals surface area contributed by atoms with Gasteiger partial charge in [0.2, 0.25) is 0 Å². The Balaban J connectivity index is 1.54. The van der Waals surface area contributed by atoms with E-state index in [1.165, 1.54) is 23.5 Å². The zero-order valence-corrected chi connectivity index (χ0v) is 18.1. The average Bonchev–Trinajstić information content (AvgIpc) is 3.24. The van der Waals surface area contributed by atoms with Crippen molar-refractivity contribution in [3.8, 4) is 0 Å². The molecule has 1 heterocycles. The van der Waals surface area contributed by atoms with Crippen LogP contribution < -0.4 is 10.0 Å². The molecule has 1 aromatic heterocycles. The fourth-order valence-corrected chi connectivity index (χ4v) is 5.06. The molecule has 0 saturated carbocycles. The van der Waals surface area contributed by atoms with Crippen LogP contribution in [0.2, 0.25) is 0 Å². The molecule has 3 aromatic carbocycles. The van der Waals surface area contributed by atoms with Gasteiger partial charge < -0.3 is 5.32 Å². The minimum Gasteiger partial charge on any atom is -0.321 e. The second-order valence-electron chi connectivity index (χ2n) is 6.86. The van der Waals surface area contributed by atoms with Crippen LogP contribution in [0, 0.1) is 0 Å². The summed E-state index contributed by atoms with van der Waals surface area (Å²) < 4.78 is 27.8. The highest BCUT2D eigenvalue weighted by Gasteiger charge is 2.20. The Bertz CT molecular complexity index is 1280. The molecule has 5 nitrogen and oxygen atoms in total. The van der Waals surface area contributed by atoms with E-state index in [0.29, 0.717) is 17.0 Å². The van der Waals surface area contributed by atoms with Crippen LogP contribution in [0.25, 0.3) is 0 Å². The molecule has 1 amide bonds. The third-order valence-electron chi connectivity index (χ3n) is 4.67. The Morgan fingerprint density at radius 1 is 0.774 bits per heavy atom. The average molecular weight is 449 g/mol. The Hall–Kier alpha value is -3.42. The van der Waals surface area contributed by atoms with Gasteiger partial charge in [0.25, 0.3) is 15.9 Å². The molecule has 0 aliphatic carbocycles. The summed E-state index contributed by atoms with van der Waals surface area (Å²) in [6.45, 7) is 0. The van der Waals surface area contributed by atoms with Crippen LogP contribution in [0.1, 0.15) is 20.8 Å². The van der Waals surface area contributed by atoms with Gasteiger partial charge in [-0.2, -0.15) is 0 Å². The number of amides is 1. The van der Waals surface area contributed by atoms with Crippen LogP contribution in [0.3, 0.4) is 0 Å². The molecule has 0 fully saturated rings. The van der Waals surface area contributed by atoms with E-state index in [4.69, 9.17) is 0 Å². The molecule has 0 spiro atoms. The molecular formula is C24H20N2O3S2. The van der Waals surface area contributed by atoms with Crippen LogP contribution in [0.5, 0.6) is 0 Å². The summed E-state index contributed by atoms with van der Waals surface area (Å²) in [5, 5.41) is 4.62. The monoisotopic (exact) mass is 448 g/mol. The second kappa shape index (κ2) is 9.16. The molecule has 0 radical (unpaired) electrons. The van der Waals surface area contributed by atoms with E-state index in [0.717, 1.165) is 11.1 Å². The minimum absolute atomic E-state index is 0.140. The lowest BCUT2D eigenvalue weighted by molar-refractivity contribution is 0.103. The molecule has 156 valence electrons. The number of anilines is 2. The van der Waals surface area contributed by atoms with Gasteiger partial charge in [0.15, 0.2) is 0 Å². The van der Waals surface area contributed by atoms with Gasteiger partial charge in [-0.1, -0.05) is 66.7 Å². The van der Waals surface area contributed by atoms with Crippen molar-refractivity contribution in [3.05, 3.63) is 112 Å². The maximum Gasteiger partial charge on any atom is 0.267 e. The smallest absolute Gasteiger partial charge is 0.267 e. The van der Waals surface area contributed by atoms with Crippen LogP contribution in [-0.2, 0) is 16.4 Å². The lowest BCUT2D eigenvalue weighted by Gasteiger charge is -2.12. The van der Waals surface area contributed by atoms with Crippen LogP contribution >= 0.6 is 11.3 Å². The quantitative estimate of drug-likeness (QED) is 0.398. The van der Waals surface area contributed by atoms with Crippen molar-refractivity contribution in [2.45, 2.75) is 11.3 Å². The summed E-state index contributed by atoms with van der Waals surface area (Å²) in [5.74, 6) is -0.360. The van der Waals surface area contributed by atoms with Crippen molar-refractivity contribution in [3.63, 3.8) is 0 Å². The highest BCUT2D eigenvalue weighted by molar-refractivity contribution is 7.92. The maximum atomic E-state index is 13.0. The highest BCUT2D eigenvalue weighted by Crippen LogP contribution is 2.27. The first-order valence-corrected chi connectivity index (χ1v) is 12.0. The fourth-order valence-electron chi connectivity index (χ4n) is 3.16. The Morgan fingerprint density at radius 3 is 2.16 bits per heavy atom. The highest BCUT2D eigenvalue weighted by atomic mass is 32.2. The number of benzene rings is 3. The number of para-hydroxylation sites is 1. The normalized spacial score (nSPS) is 11.1. The summed E-state index contributed by atoms with van der Waals surface area (Å²) in [4.78, 5) is 13.4. The summed E-state index contributed by atoms with van der Waals surface area (Å²) in [6.07, 6.45) is 0.676. The van der Waals surface area contributed by atoms with Gasteiger partial charge in [-0.15, -0.1) is 11.3 Å². The second-order valence-corrected chi connectivity index (χ2v) is 9.45. The number of sulfonamides is 1. The molecule has 7 heteroatoms. The zero-order chi connectivity index (χ0) is 21.7. The summed E-state index contributed by atoms with van der Waals surface area (Å²) in [6, 6.07) is 27.3. The lowest BCUT2D eigenvalue weighted by atomic mass is 10.0. The van der Waals surface area contributed by atoms with E-state index < -0.39 is 10.0 Å². The Morgan fingerprint density at radius 2 is 1.42 bits per heavy atom. The number of carbonyl (C=O) groups excluding carboxylic acids is 1. The van der Waals surface area contributed by atoms with E-state index in [1.54, 1.807) is 29.6 Å². The number of thiophene rings is 1. The topological polar surface area (TPSA) is 75.3 Å². The largest absolute Gasteiger partial charge is 0.321 e. The first-order valence-electron chi connectivity index (χ1n) is 9.61. The summed E-state index contributed by atoms with van der Waals surface area (Å²) in [5.41, 5.74) is 3.06. The molecule has 2 N–H and O–H groups in total. The summed E-state index contributed by atoms with van der Waals surface area (Å²) >= 11 is 1.18. The molecule has 4 aromatic rings. The third kappa shape index (κ3) is 5.02. The van der Waals surface area contributed by atoms with Gasteiger partial charge in [-0.05, 0) is 47.2 Å². The van der Waals surface area contributed by atoms with Gasteiger partial charge in [-0.3, -0.25) is 9.52 Å². The molecule has 0 aliphatic heterocycles. The van der Waals surface area contributed by atoms with Crippen LogP contribution in [0.15, 0.2) is 101 Å². The standard InChI is InChI=1S/C24H20N2O3S2/c27-24(25-21-14-8-7-11-19(21)17-18-9-3-1-4-10-18)23-22(15-16-30-23)26-31(28,29)20-12-5-2-6-13-20/h1-16,26H,17H2,(H,25,27). The first kappa shape index (κ1) is 20.8. The van der Waals surface area contributed by atoms with Crippen molar-refractivity contribution in [2.75, 3.05) is 10.0 Å². The summed E-state index contributed by atoms with van der Waals surface area (Å²) in [7, 11) is -3.78. The van der Waals surface area contributed by atoms with Crippen molar-refractivity contribution in [1.29, 1.82) is 0 Å². The molecular weight excluding hydrogens is 428 g/mol. The molecule has 0 bridgehead atoms. The van der Waals surface area contributed by atoms with Crippen LogP contribution in [-0.4, -0.2) is 14.3 Å². The predicted octanol–water partition coefficient (Wildman–Crippen LogP) is 5.39. The SMILES string of the molecule is O=C(Nc1ccccc1Cc1ccccc1)c1sccc1NS(=O)(=O)c1ccccc1. The molecule has 0 unspecified atom stereocenters. The number of carbonyl (C=O) groups is 1. The van der Waals surface area contributed by atoms with Gasteiger partial charge in [0.1, 0.15) is 4.88 Å². The van der Waals surface area contributed by atoms with Crippen molar-refractivity contribution >= 4 is 38.6 Å². The van der Waals surface area contributed by atoms with Crippen molar-refractivity contribution in [1.82, 2.24) is 0 Å². The van der Waals surface area contributed by atoms with Crippen molar-refractivity contribution < 1.29 is 13.2 Å². The van der Waals surface area contributed by atoms with E-state index in [9.17, 15) is 13.2 Å². The van der Waals surface area contributed by atoms with E-state index in [1.807, 2.05) is 54.6 Å². The van der Waals surface area contributed by atoms with Gasteiger partial charge in [0, 0.05) is 5.69 Å². The molecule has 31 heavy (non-hydrogen) atoms. The molecule has 0 atom stereocenters. The van der Waals surface area contributed by atoms with Crippen LogP contribution in [0.4, 0.5) is 11.4 Å². The van der Waals surface area contributed by atoms with E-state index in [-0.39, 0.29) is 16.5 Å². The fraction of sp³-hybridized carbons (Fsp3) is 0.0417. The van der Waals surface area contributed by atoms with E-state index >= 15 is 0 Å². The Labute approximate surface area is 185 Å². The molecule has 4 rings (SSSR count). The molecule has 0 saturated heterocycles. The Kier molecular flexibility index (Phi) is 6.16. The number of nitrogens with one attached hydrogen (secondary N) is 2. The lowest BCUT2D eigenvalue weighted by Crippen LogP contribution is -2.17. The zero-order valence-electron chi connectivity index (χ0n) is 16.5. The van der Waals surface area contributed by atoms with E-state index in [2.05, 4.69) is 10.0 Å². The molecule has 0 aliphatic rings. The third-order valence-corrected chi connectivity index (χ3v) is 6.97.